The highest BCUT2D eigenvalue weighted by Gasteiger charge is 2.03. The van der Waals surface area contributed by atoms with E-state index >= 15 is 0 Å². The predicted octanol–water partition coefficient (Wildman–Crippen LogP) is 3.00. The zero-order valence-electron chi connectivity index (χ0n) is 10.0. The van der Waals surface area contributed by atoms with Crippen LogP contribution in [-0.4, -0.2) is 21.0 Å². The van der Waals surface area contributed by atoms with E-state index in [2.05, 4.69) is 31.2 Å². The number of aliphatic carboxylic acids is 1. The smallest absolute Gasteiger partial charge is 0.303 e. The number of hydrogen-bond acceptors (Lipinski definition) is 4. The molecule has 0 atom stereocenters. The molecule has 0 unspecified atom stereocenters. The number of aryl methyl sites for hydroxylation is 1. The Morgan fingerprint density at radius 1 is 1.37 bits per heavy atom. The van der Waals surface area contributed by atoms with Crippen molar-refractivity contribution in [2.75, 3.05) is 5.32 Å². The van der Waals surface area contributed by atoms with Crippen molar-refractivity contribution >= 4 is 33.4 Å². The molecular formula is C13H12BrN3O2. The van der Waals surface area contributed by atoms with Crippen LogP contribution in [0.2, 0.25) is 0 Å². The topological polar surface area (TPSA) is 75.1 Å². The van der Waals surface area contributed by atoms with E-state index in [4.69, 9.17) is 5.11 Å². The molecule has 0 spiro atoms. The zero-order chi connectivity index (χ0) is 13.7. The number of rotatable bonds is 5. The molecule has 0 aliphatic carbocycles. The van der Waals surface area contributed by atoms with Gasteiger partial charge in [0.15, 0.2) is 0 Å². The summed E-state index contributed by atoms with van der Waals surface area (Å²) >= 11 is 3.39. The SMILES string of the molecule is O=C(O)CCc1nccc(Nc2cccc(Br)c2)n1. The van der Waals surface area contributed by atoms with Crippen LogP contribution in [0.1, 0.15) is 12.2 Å². The predicted molar refractivity (Wildman–Crippen MR) is 75.4 cm³/mol. The van der Waals surface area contributed by atoms with Gasteiger partial charge in [0, 0.05) is 22.8 Å². The van der Waals surface area contributed by atoms with E-state index in [1.54, 1.807) is 12.3 Å². The van der Waals surface area contributed by atoms with Gasteiger partial charge in [0.05, 0.1) is 6.42 Å². The Bertz CT molecular complexity index is 590. The summed E-state index contributed by atoms with van der Waals surface area (Å²) in [6, 6.07) is 9.44. The van der Waals surface area contributed by atoms with Gasteiger partial charge in [-0.1, -0.05) is 22.0 Å². The van der Waals surface area contributed by atoms with E-state index in [0.29, 0.717) is 18.1 Å². The lowest BCUT2D eigenvalue weighted by molar-refractivity contribution is -0.137. The number of nitrogens with one attached hydrogen (secondary N) is 1. The number of hydrogen-bond donors (Lipinski definition) is 2. The molecule has 0 saturated heterocycles. The molecule has 19 heavy (non-hydrogen) atoms. The van der Waals surface area contributed by atoms with Gasteiger partial charge in [-0.3, -0.25) is 4.79 Å². The maximum atomic E-state index is 10.5. The number of halogens is 1. The second kappa shape index (κ2) is 6.29. The molecule has 2 N–H and O–H groups in total. The zero-order valence-corrected chi connectivity index (χ0v) is 11.6. The minimum atomic E-state index is -0.853. The van der Waals surface area contributed by atoms with Crippen LogP contribution in [0.3, 0.4) is 0 Å². The average Bonchev–Trinajstić information content (AvgIpc) is 2.37. The lowest BCUT2D eigenvalue weighted by Crippen LogP contribution is -2.03. The van der Waals surface area contributed by atoms with Gasteiger partial charge in [-0.2, -0.15) is 0 Å². The number of carbonyl (C=O) groups is 1. The van der Waals surface area contributed by atoms with Crippen LogP contribution in [0.25, 0.3) is 0 Å². The average molecular weight is 322 g/mol. The van der Waals surface area contributed by atoms with Gasteiger partial charge < -0.3 is 10.4 Å². The first-order valence-corrected chi connectivity index (χ1v) is 6.49. The summed E-state index contributed by atoms with van der Waals surface area (Å²) in [5.41, 5.74) is 0.900. The minimum Gasteiger partial charge on any atom is -0.481 e. The van der Waals surface area contributed by atoms with Gasteiger partial charge in [-0.05, 0) is 24.3 Å². The first kappa shape index (κ1) is 13.5. The lowest BCUT2D eigenvalue weighted by Gasteiger charge is -2.06. The Morgan fingerprint density at radius 3 is 2.95 bits per heavy atom. The van der Waals surface area contributed by atoms with E-state index in [1.165, 1.54) is 0 Å². The van der Waals surface area contributed by atoms with E-state index in [0.717, 1.165) is 10.2 Å². The maximum Gasteiger partial charge on any atom is 0.303 e. The largest absolute Gasteiger partial charge is 0.481 e. The van der Waals surface area contributed by atoms with E-state index in [9.17, 15) is 4.79 Å². The molecule has 0 bridgehead atoms. The number of carboxylic acids is 1. The van der Waals surface area contributed by atoms with E-state index < -0.39 is 5.97 Å². The molecule has 0 aliphatic rings. The molecule has 1 heterocycles. The molecule has 0 radical (unpaired) electrons. The van der Waals surface area contributed by atoms with Crippen molar-refractivity contribution in [2.45, 2.75) is 12.8 Å². The van der Waals surface area contributed by atoms with Gasteiger partial charge in [0.25, 0.3) is 0 Å². The van der Waals surface area contributed by atoms with Crippen LogP contribution in [0, 0.1) is 0 Å². The molecule has 0 amide bonds. The summed E-state index contributed by atoms with van der Waals surface area (Å²) < 4.78 is 0.970. The lowest BCUT2D eigenvalue weighted by atomic mass is 10.3. The molecule has 1 aromatic carbocycles. The van der Waals surface area contributed by atoms with Crippen LogP contribution < -0.4 is 5.32 Å². The summed E-state index contributed by atoms with van der Waals surface area (Å²) in [4.78, 5) is 18.8. The summed E-state index contributed by atoms with van der Waals surface area (Å²) in [7, 11) is 0. The number of carboxylic acid groups (broad SMARTS) is 1. The number of benzene rings is 1. The van der Waals surface area contributed by atoms with Gasteiger partial charge >= 0.3 is 5.97 Å². The number of anilines is 2. The van der Waals surface area contributed by atoms with E-state index in [1.807, 2.05) is 24.3 Å². The summed E-state index contributed by atoms with van der Waals surface area (Å²) in [5.74, 6) is 0.310. The van der Waals surface area contributed by atoms with Crippen molar-refractivity contribution in [3.8, 4) is 0 Å². The van der Waals surface area contributed by atoms with E-state index in [-0.39, 0.29) is 6.42 Å². The van der Waals surface area contributed by atoms with Gasteiger partial charge in [-0.25, -0.2) is 9.97 Å². The van der Waals surface area contributed by atoms with Crippen LogP contribution in [0.4, 0.5) is 11.5 Å². The highest BCUT2D eigenvalue weighted by Crippen LogP contribution is 2.19. The standard InChI is InChI=1S/C13H12BrN3O2/c14-9-2-1-3-10(8-9)16-12-6-7-15-11(17-12)4-5-13(18)19/h1-3,6-8H,4-5H2,(H,18,19)(H,15,16,17). The third-order valence-corrected chi connectivity index (χ3v) is 2.86. The molecule has 2 aromatic rings. The molecule has 1 aromatic heterocycles. The Kier molecular flexibility index (Phi) is 4.46. The minimum absolute atomic E-state index is 0.0281. The van der Waals surface area contributed by atoms with Crippen molar-refractivity contribution in [1.82, 2.24) is 9.97 Å². The summed E-state index contributed by atoms with van der Waals surface area (Å²) in [6.45, 7) is 0. The molecule has 0 aliphatic heterocycles. The second-order valence-corrected chi connectivity index (χ2v) is 4.80. The van der Waals surface area contributed by atoms with Crippen molar-refractivity contribution in [1.29, 1.82) is 0 Å². The maximum absolute atomic E-state index is 10.5. The number of aromatic nitrogens is 2. The second-order valence-electron chi connectivity index (χ2n) is 3.89. The molecular weight excluding hydrogens is 310 g/mol. The monoisotopic (exact) mass is 321 g/mol. The van der Waals surface area contributed by atoms with Crippen LogP contribution in [0.5, 0.6) is 0 Å². The van der Waals surface area contributed by atoms with Gasteiger partial charge in [-0.15, -0.1) is 0 Å². The van der Waals surface area contributed by atoms with Crippen molar-refractivity contribution in [3.63, 3.8) is 0 Å². The van der Waals surface area contributed by atoms with Crippen molar-refractivity contribution in [2.24, 2.45) is 0 Å². The van der Waals surface area contributed by atoms with Gasteiger partial charge in [0.2, 0.25) is 0 Å². The Balaban J connectivity index is 2.08. The van der Waals surface area contributed by atoms with Gasteiger partial charge in [0.1, 0.15) is 11.6 Å². The Hall–Kier alpha value is -1.95. The first-order chi connectivity index (χ1) is 9.13. The fraction of sp³-hybridized carbons (Fsp3) is 0.154. The molecule has 0 fully saturated rings. The number of nitrogens with zero attached hydrogens (tertiary/aromatic N) is 2. The van der Waals surface area contributed by atoms with Crippen LogP contribution in [0.15, 0.2) is 41.0 Å². The third kappa shape index (κ3) is 4.33. The molecule has 0 saturated carbocycles. The molecule has 2 rings (SSSR count). The summed E-state index contributed by atoms with van der Waals surface area (Å²) in [6.07, 6.45) is 1.97. The molecule has 6 heteroatoms. The fourth-order valence-corrected chi connectivity index (χ4v) is 1.92. The fourth-order valence-electron chi connectivity index (χ4n) is 1.52. The van der Waals surface area contributed by atoms with Crippen molar-refractivity contribution in [3.05, 3.63) is 46.8 Å². The molecule has 98 valence electrons. The molecule has 5 nitrogen and oxygen atoms in total. The quantitative estimate of drug-likeness (QED) is 0.885. The van der Waals surface area contributed by atoms with Crippen LogP contribution in [-0.2, 0) is 11.2 Å². The van der Waals surface area contributed by atoms with Crippen LogP contribution >= 0.6 is 15.9 Å². The third-order valence-electron chi connectivity index (χ3n) is 2.36. The first-order valence-electron chi connectivity index (χ1n) is 5.70. The Morgan fingerprint density at radius 2 is 2.21 bits per heavy atom. The normalized spacial score (nSPS) is 10.2. The Labute approximate surface area is 118 Å². The highest BCUT2D eigenvalue weighted by molar-refractivity contribution is 9.10. The summed E-state index contributed by atoms with van der Waals surface area (Å²) in [5, 5.41) is 11.8. The van der Waals surface area contributed by atoms with Crippen molar-refractivity contribution < 1.29 is 9.90 Å². The highest BCUT2D eigenvalue weighted by atomic mass is 79.9.